The molecule has 0 unspecified atom stereocenters. The smallest absolute Gasteiger partial charge is 0.0714 e. The van der Waals surface area contributed by atoms with Gasteiger partial charge in [-0.2, -0.15) is 0 Å². The molecule has 0 saturated heterocycles. The zero-order valence-corrected chi connectivity index (χ0v) is 33.1. The van der Waals surface area contributed by atoms with Crippen molar-refractivity contribution >= 4 is 27.8 Å². The van der Waals surface area contributed by atoms with Crippen LogP contribution in [0.4, 0.5) is 17.1 Å². The van der Waals surface area contributed by atoms with E-state index in [2.05, 4.69) is 254 Å². The highest BCUT2D eigenvalue weighted by atomic mass is 15.1. The molecule has 0 saturated carbocycles. The Morgan fingerprint density at radius 1 is 0.267 bits per heavy atom. The van der Waals surface area contributed by atoms with E-state index in [1.807, 2.05) is 0 Å². The van der Waals surface area contributed by atoms with Gasteiger partial charge in [0.1, 0.15) is 0 Å². The van der Waals surface area contributed by atoms with E-state index >= 15 is 0 Å². The molecule has 0 aromatic heterocycles. The molecular weight excluding hydrogens is 723 g/mol. The van der Waals surface area contributed by atoms with Gasteiger partial charge in [-0.25, -0.2) is 0 Å². The molecular formula is C59H41N. The van der Waals surface area contributed by atoms with Gasteiger partial charge in [0.2, 0.25) is 0 Å². The van der Waals surface area contributed by atoms with Gasteiger partial charge in [-0.1, -0.05) is 212 Å². The van der Waals surface area contributed by atoms with Crippen LogP contribution < -0.4 is 4.90 Å². The van der Waals surface area contributed by atoms with Gasteiger partial charge in [0.25, 0.3) is 0 Å². The minimum absolute atomic E-state index is 0.503. The summed E-state index contributed by atoms with van der Waals surface area (Å²) in [5, 5.41) is 2.48. The van der Waals surface area contributed by atoms with Crippen molar-refractivity contribution in [2.24, 2.45) is 0 Å². The Balaban J connectivity index is 1.09. The second-order valence-corrected chi connectivity index (χ2v) is 15.7. The summed E-state index contributed by atoms with van der Waals surface area (Å²) in [5.41, 5.74) is 17.7. The molecule has 10 aromatic rings. The van der Waals surface area contributed by atoms with Crippen LogP contribution in [-0.2, 0) is 5.41 Å². The van der Waals surface area contributed by atoms with Crippen LogP contribution in [0.15, 0.2) is 249 Å². The van der Waals surface area contributed by atoms with E-state index in [1.54, 1.807) is 0 Å². The van der Waals surface area contributed by atoms with Crippen molar-refractivity contribution in [1.82, 2.24) is 0 Å². The summed E-state index contributed by atoms with van der Waals surface area (Å²) in [7, 11) is 0. The number of hydrogen-bond acceptors (Lipinski definition) is 1. The lowest BCUT2D eigenvalue weighted by molar-refractivity contribution is 0.768. The summed E-state index contributed by atoms with van der Waals surface area (Å²) in [6.45, 7) is 0. The zero-order valence-electron chi connectivity index (χ0n) is 33.1. The standard InChI is InChI=1S/C59H41N/c1-4-16-42(17-5-1)43-30-32-44(33-31-43)45-34-36-50(37-35-45)60(51-25-14-20-47(40-51)54-28-15-19-46-18-10-11-26-53(46)54)52-38-39-56-55-27-12-13-29-57(55)59(58(56)41-52,48-21-6-2-7-22-48)49-23-8-3-9-24-49/h1-41H. The third kappa shape index (κ3) is 5.94. The minimum atomic E-state index is -0.503. The van der Waals surface area contributed by atoms with Crippen molar-refractivity contribution in [2.45, 2.75) is 5.41 Å². The average Bonchev–Trinajstić information content (AvgIpc) is 3.63. The molecule has 0 amide bonds. The maximum Gasteiger partial charge on any atom is 0.0714 e. The lowest BCUT2D eigenvalue weighted by Crippen LogP contribution is -2.28. The van der Waals surface area contributed by atoms with Gasteiger partial charge in [0.05, 0.1) is 5.41 Å². The maximum atomic E-state index is 2.45. The molecule has 0 bridgehead atoms. The predicted octanol–water partition coefficient (Wildman–Crippen LogP) is 15.7. The SMILES string of the molecule is c1ccc(-c2ccc(-c3ccc(N(c4cccc(-c5cccc6ccccc56)c4)c4ccc5c(c4)C(c4ccccc4)(c4ccccc4)c4ccccc4-5)cc3)cc2)cc1. The molecule has 60 heavy (non-hydrogen) atoms. The molecule has 1 nitrogen and oxygen atoms in total. The molecule has 10 aromatic carbocycles. The molecule has 0 spiro atoms. The van der Waals surface area contributed by atoms with Gasteiger partial charge < -0.3 is 4.90 Å². The first-order chi connectivity index (χ1) is 29.8. The van der Waals surface area contributed by atoms with Crippen LogP contribution in [0.2, 0.25) is 0 Å². The molecule has 0 atom stereocenters. The molecule has 282 valence electrons. The summed E-state index contributed by atoms with van der Waals surface area (Å²) >= 11 is 0. The van der Waals surface area contributed by atoms with Crippen LogP contribution in [0.25, 0.3) is 55.3 Å². The quantitative estimate of drug-likeness (QED) is 0.149. The zero-order chi connectivity index (χ0) is 39.9. The lowest BCUT2D eigenvalue weighted by Gasteiger charge is -2.35. The van der Waals surface area contributed by atoms with Gasteiger partial charge >= 0.3 is 0 Å². The summed E-state index contributed by atoms with van der Waals surface area (Å²) in [6.07, 6.45) is 0. The fourth-order valence-corrected chi connectivity index (χ4v) is 9.60. The van der Waals surface area contributed by atoms with Crippen LogP contribution in [0.3, 0.4) is 0 Å². The summed E-state index contributed by atoms with van der Waals surface area (Å²) in [5.74, 6) is 0. The van der Waals surface area contributed by atoms with E-state index in [1.165, 1.54) is 77.5 Å². The second-order valence-electron chi connectivity index (χ2n) is 15.7. The lowest BCUT2D eigenvalue weighted by atomic mass is 9.67. The summed E-state index contributed by atoms with van der Waals surface area (Å²) in [6, 6.07) is 91.0. The van der Waals surface area contributed by atoms with Gasteiger partial charge in [-0.05, 0) is 114 Å². The fraction of sp³-hybridized carbons (Fsp3) is 0.0169. The average molecular weight is 764 g/mol. The third-order valence-electron chi connectivity index (χ3n) is 12.4. The van der Waals surface area contributed by atoms with Crippen molar-refractivity contribution in [3.05, 3.63) is 271 Å². The topological polar surface area (TPSA) is 3.24 Å². The van der Waals surface area contributed by atoms with E-state index in [0.717, 1.165) is 17.1 Å². The Morgan fingerprint density at radius 2 is 0.733 bits per heavy atom. The van der Waals surface area contributed by atoms with Crippen LogP contribution in [0, 0.1) is 0 Å². The Labute approximate surface area is 352 Å². The van der Waals surface area contributed by atoms with Crippen molar-refractivity contribution in [1.29, 1.82) is 0 Å². The van der Waals surface area contributed by atoms with Gasteiger partial charge in [-0.15, -0.1) is 0 Å². The molecule has 1 aliphatic rings. The van der Waals surface area contributed by atoms with E-state index in [-0.39, 0.29) is 0 Å². The summed E-state index contributed by atoms with van der Waals surface area (Å²) in [4.78, 5) is 2.43. The Kier molecular flexibility index (Phi) is 8.79. The van der Waals surface area contributed by atoms with Crippen molar-refractivity contribution in [3.63, 3.8) is 0 Å². The van der Waals surface area contributed by atoms with Crippen LogP contribution in [-0.4, -0.2) is 0 Å². The molecule has 0 aliphatic heterocycles. The highest BCUT2D eigenvalue weighted by Gasteiger charge is 2.46. The monoisotopic (exact) mass is 763 g/mol. The molecule has 1 aliphatic carbocycles. The minimum Gasteiger partial charge on any atom is -0.310 e. The normalized spacial score (nSPS) is 12.5. The fourth-order valence-electron chi connectivity index (χ4n) is 9.60. The predicted molar refractivity (Wildman–Crippen MR) is 252 cm³/mol. The first kappa shape index (κ1) is 35.4. The van der Waals surface area contributed by atoms with Crippen LogP contribution in [0.1, 0.15) is 22.3 Å². The first-order valence-electron chi connectivity index (χ1n) is 20.8. The maximum absolute atomic E-state index is 2.45. The molecule has 1 heteroatoms. The van der Waals surface area contributed by atoms with Crippen molar-refractivity contribution < 1.29 is 0 Å². The third-order valence-corrected chi connectivity index (χ3v) is 12.4. The molecule has 0 N–H and O–H groups in total. The van der Waals surface area contributed by atoms with Crippen molar-refractivity contribution in [3.8, 4) is 44.5 Å². The number of nitrogens with zero attached hydrogens (tertiary/aromatic N) is 1. The molecule has 0 fully saturated rings. The van der Waals surface area contributed by atoms with Crippen LogP contribution in [0.5, 0.6) is 0 Å². The summed E-state index contributed by atoms with van der Waals surface area (Å²) < 4.78 is 0. The largest absolute Gasteiger partial charge is 0.310 e. The molecule has 0 heterocycles. The van der Waals surface area contributed by atoms with Crippen molar-refractivity contribution in [2.75, 3.05) is 4.90 Å². The second kappa shape index (κ2) is 14.9. The number of rotatable bonds is 8. The Bertz CT molecular complexity index is 3070. The van der Waals surface area contributed by atoms with E-state index in [4.69, 9.17) is 0 Å². The molecule has 0 radical (unpaired) electrons. The highest BCUT2D eigenvalue weighted by molar-refractivity contribution is 5.98. The number of hydrogen-bond donors (Lipinski definition) is 0. The highest BCUT2D eigenvalue weighted by Crippen LogP contribution is 2.57. The van der Waals surface area contributed by atoms with E-state index < -0.39 is 5.41 Å². The van der Waals surface area contributed by atoms with Gasteiger partial charge in [0, 0.05) is 17.1 Å². The Hall–Kier alpha value is -7.74. The van der Waals surface area contributed by atoms with Gasteiger partial charge in [-0.3, -0.25) is 0 Å². The van der Waals surface area contributed by atoms with Gasteiger partial charge in [0.15, 0.2) is 0 Å². The Morgan fingerprint density at radius 3 is 1.43 bits per heavy atom. The number of fused-ring (bicyclic) bond motifs is 4. The van der Waals surface area contributed by atoms with Crippen LogP contribution >= 0.6 is 0 Å². The number of benzene rings is 10. The first-order valence-corrected chi connectivity index (χ1v) is 20.8. The number of anilines is 3. The molecule has 11 rings (SSSR count). The van der Waals surface area contributed by atoms with E-state index in [0.29, 0.717) is 0 Å². The van der Waals surface area contributed by atoms with E-state index in [9.17, 15) is 0 Å².